The number of carbonyl (C=O) groups excluding carboxylic acids is 1. The Kier molecular flexibility index (Phi) is 4.05. The molecule has 1 N–H and O–H groups in total. The Labute approximate surface area is 153 Å². The van der Waals surface area contributed by atoms with Gasteiger partial charge in [0, 0.05) is 12.2 Å². The fourth-order valence-electron chi connectivity index (χ4n) is 3.63. The predicted molar refractivity (Wildman–Crippen MR) is 100 cm³/mol. The monoisotopic (exact) mass is 352 g/mol. The van der Waals surface area contributed by atoms with Crippen LogP contribution in [0.15, 0.2) is 42.6 Å². The van der Waals surface area contributed by atoms with E-state index in [0.29, 0.717) is 23.7 Å². The minimum absolute atomic E-state index is 0.250. The van der Waals surface area contributed by atoms with Crippen LogP contribution in [0.25, 0.3) is 0 Å². The molecule has 6 heteroatoms. The second kappa shape index (κ2) is 6.27. The molecule has 0 bridgehead atoms. The molecule has 2 aliphatic rings. The van der Waals surface area contributed by atoms with E-state index in [1.54, 1.807) is 17.2 Å². The van der Waals surface area contributed by atoms with Gasteiger partial charge in [-0.3, -0.25) is 0 Å². The molecule has 1 amide bonds. The highest BCUT2D eigenvalue weighted by Gasteiger charge is 2.49. The van der Waals surface area contributed by atoms with E-state index in [1.165, 1.54) is 12.8 Å². The Morgan fingerprint density at radius 1 is 1.23 bits per heavy atom. The minimum atomic E-state index is -0.654. The van der Waals surface area contributed by atoms with Crippen molar-refractivity contribution >= 4 is 17.9 Å². The number of cyclic esters (lactones) is 1. The smallest absolute Gasteiger partial charge is 0.416 e. The molecule has 2 heterocycles. The van der Waals surface area contributed by atoms with Crippen molar-refractivity contribution < 1.29 is 9.53 Å². The third-order valence-corrected chi connectivity index (χ3v) is 5.15. The number of nitrogens with one attached hydrogen (secondary N) is 1. The average molecular weight is 352 g/mol. The number of nitrogens with zero attached hydrogens (tertiary/aromatic N) is 3. The van der Waals surface area contributed by atoms with E-state index in [9.17, 15) is 4.79 Å². The summed E-state index contributed by atoms with van der Waals surface area (Å²) in [5.41, 5.74) is 0.362. The van der Waals surface area contributed by atoms with Gasteiger partial charge in [-0.2, -0.15) is 4.98 Å². The first-order valence-corrected chi connectivity index (χ1v) is 9.12. The molecule has 2 fully saturated rings. The van der Waals surface area contributed by atoms with Crippen LogP contribution >= 0.6 is 0 Å². The molecule has 0 unspecified atom stereocenters. The molecule has 0 radical (unpaired) electrons. The molecule has 1 aromatic carbocycles. The van der Waals surface area contributed by atoms with E-state index in [1.807, 2.05) is 44.2 Å². The lowest BCUT2D eigenvalue weighted by atomic mass is 9.91. The van der Waals surface area contributed by atoms with Crippen molar-refractivity contribution in [1.29, 1.82) is 0 Å². The van der Waals surface area contributed by atoms with Crippen molar-refractivity contribution in [2.24, 2.45) is 5.92 Å². The normalized spacial score (nSPS) is 22.8. The van der Waals surface area contributed by atoms with Gasteiger partial charge in [-0.1, -0.05) is 30.3 Å². The van der Waals surface area contributed by atoms with Gasteiger partial charge >= 0.3 is 6.09 Å². The standard InChI is InChI=1S/C20H24N4O2/c1-13(14-9-10-14)22-18-21-12-11-16(23-18)24-17(15-7-5-4-6-8-15)20(2,3)26-19(24)25/h4-8,11-14,17H,9-10H2,1-3H3,(H,21,22,23)/t13-,17-/m0/s1. The van der Waals surface area contributed by atoms with Crippen LogP contribution in [0.3, 0.4) is 0 Å². The van der Waals surface area contributed by atoms with Gasteiger partial charge in [-0.05, 0) is 51.2 Å². The van der Waals surface area contributed by atoms with Gasteiger partial charge in [0.05, 0.1) is 0 Å². The molecule has 1 aromatic heterocycles. The van der Waals surface area contributed by atoms with Crippen LogP contribution in [0.5, 0.6) is 0 Å². The molecule has 6 nitrogen and oxygen atoms in total. The molecule has 0 spiro atoms. The molecule has 1 saturated heterocycles. The zero-order valence-electron chi connectivity index (χ0n) is 15.3. The van der Waals surface area contributed by atoms with Gasteiger partial charge in [0.25, 0.3) is 0 Å². The van der Waals surface area contributed by atoms with E-state index in [4.69, 9.17) is 4.74 Å². The summed E-state index contributed by atoms with van der Waals surface area (Å²) < 4.78 is 5.66. The Bertz CT molecular complexity index is 804. The third-order valence-electron chi connectivity index (χ3n) is 5.15. The van der Waals surface area contributed by atoms with Gasteiger partial charge in [0.2, 0.25) is 5.95 Å². The van der Waals surface area contributed by atoms with E-state index in [-0.39, 0.29) is 12.1 Å². The van der Waals surface area contributed by atoms with Crippen LogP contribution in [0.1, 0.15) is 45.2 Å². The minimum Gasteiger partial charge on any atom is -0.440 e. The number of benzene rings is 1. The summed E-state index contributed by atoms with van der Waals surface area (Å²) in [4.78, 5) is 23.2. The fraction of sp³-hybridized carbons (Fsp3) is 0.450. The largest absolute Gasteiger partial charge is 0.440 e. The number of aromatic nitrogens is 2. The quantitative estimate of drug-likeness (QED) is 0.875. The van der Waals surface area contributed by atoms with Gasteiger partial charge in [-0.15, -0.1) is 0 Å². The summed E-state index contributed by atoms with van der Waals surface area (Å²) in [6.45, 7) is 6.00. The van der Waals surface area contributed by atoms with Crippen LogP contribution in [-0.2, 0) is 4.74 Å². The van der Waals surface area contributed by atoms with Crippen molar-refractivity contribution in [2.45, 2.75) is 51.3 Å². The predicted octanol–water partition coefficient (Wildman–Crippen LogP) is 4.16. The Balaban J connectivity index is 1.67. The number of carbonyl (C=O) groups is 1. The fourth-order valence-corrected chi connectivity index (χ4v) is 3.63. The van der Waals surface area contributed by atoms with Crippen LogP contribution < -0.4 is 10.2 Å². The molecule has 2 atom stereocenters. The lowest BCUT2D eigenvalue weighted by Crippen LogP contribution is -2.34. The zero-order valence-corrected chi connectivity index (χ0v) is 15.3. The van der Waals surface area contributed by atoms with Crippen LogP contribution in [0.2, 0.25) is 0 Å². The highest BCUT2D eigenvalue weighted by Crippen LogP contribution is 2.43. The van der Waals surface area contributed by atoms with Crippen molar-refractivity contribution in [3.8, 4) is 0 Å². The number of rotatable bonds is 5. The summed E-state index contributed by atoms with van der Waals surface area (Å²) in [5.74, 6) is 1.79. The second-order valence-electron chi connectivity index (χ2n) is 7.66. The maximum Gasteiger partial charge on any atom is 0.416 e. The summed E-state index contributed by atoms with van der Waals surface area (Å²) in [6.07, 6.45) is 3.79. The highest BCUT2D eigenvalue weighted by atomic mass is 16.6. The first kappa shape index (κ1) is 16.8. The Hall–Kier alpha value is -2.63. The third kappa shape index (κ3) is 3.11. The van der Waals surface area contributed by atoms with Crippen LogP contribution in [0.4, 0.5) is 16.6 Å². The Morgan fingerprint density at radius 3 is 2.65 bits per heavy atom. The van der Waals surface area contributed by atoms with Gasteiger partial charge in [-0.25, -0.2) is 14.7 Å². The van der Waals surface area contributed by atoms with Crippen molar-refractivity contribution in [3.63, 3.8) is 0 Å². The van der Waals surface area contributed by atoms with Crippen molar-refractivity contribution in [1.82, 2.24) is 9.97 Å². The van der Waals surface area contributed by atoms with E-state index in [2.05, 4.69) is 22.2 Å². The van der Waals surface area contributed by atoms with Gasteiger partial charge in [0.15, 0.2) is 0 Å². The molecular weight excluding hydrogens is 328 g/mol. The number of ether oxygens (including phenoxy) is 1. The van der Waals surface area contributed by atoms with Crippen LogP contribution in [0, 0.1) is 5.92 Å². The van der Waals surface area contributed by atoms with E-state index in [0.717, 1.165) is 5.56 Å². The number of amides is 1. The SMILES string of the molecule is C[C@H](Nc1nccc(N2C(=O)OC(C)(C)[C@@H]2c2ccccc2)n1)C1CC1. The van der Waals surface area contributed by atoms with Gasteiger partial charge < -0.3 is 10.1 Å². The average Bonchev–Trinajstić information content (AvgIpc) is 3.41. The first-order valence-electron chi connectivity index (χ1n) is 9.12. The summed E-state index contributed by atoms with van der Waals surface area (Å²) >= 11 is 0. The lowest BCUT2D eigenvalue weighted by Gasteiger charge is -2.28. The molecule has 26 heavy (non-hydrogen) atoms. The van der Waals surface area contributed by atoms with E-state index < -0.39 is 5.60 Å². The van der Waals surface area contributed by atoms with Crippen molar-refractivity contribution in [3.05, 3.63) is 48.2 Å². The molecule has 136 valence electrons. The molecule has 4 rings (SSSR count). The molecular formula is C20H24N4O2. The Morgan fingerprint density at radius 2 is 1.96 bits per heavy atom. The maximum absolute atomic E-state index is 12.6. The molecule has 1 saturated carbocycles. The number of hydrogen-bond acceptors (Lipinski definition) is 5. The molecule has 1 aliphatic carbocycles. The highest BCUT2D eigenvalue weighted by molar-refractivity contribution is 5.90. The molecule has 1 aliphatic heterocycles. The van der Waals surface area contributed by atoms with E-state index >= 15 is 0 Å². The van der Waals surface area contributed by atoms with Crippen LogP contribution in [-0.4, -0.2) is 27.7 Å². The zero-order chi connectivity index (χ0) is 18.3. The summed E-state index contributed by atoms with van der Waals surface area (Å²) in [6, 6.07) is 11.8. The maximum atomic E-state index is 12.6. The summed E-state index contributed by atoms with van der Waals surface area (Å²) in [5, 5.41) is 3.36. The second-order valence-corrected chi connectivity index (χ2v) is 7.66. The van der Waals surface area contributed by atoms with Gasteiger partial charge in [0.1, 0.15) is 17.5 Å². The molecule has 2 aromatic rings. The van der Waals surface area contributed by atoms with Crippen molar-refractivity contribution in [2.75, 3.05) is 10.2 Å². The lowest BCUT2D eigenvalue weighted by molar-refractivity contribution is 0.0685. The summed E-state index contributed by atoms with van der Waals surface area (Å²) in [7, 11) is 0. The topological polar surface area (TPSA) is 67.4 Å². The number of hydrogen-bond donors (Lipinski definition) is 1. The first-order chi connectivity index (χ1) is 12.5. The number of anilines is 2.